The van der Waals surface area contributed by atoms with E-state index in [1.807, 2.05) is 6.92 Å². The van der Waals surface area contributed by atoms with Gasteiger partial charge in [-0.25, -0.2) is 8.78 Å². The van der Waals surface area contributed by atoms with Crippen molar-refractivity contribution in [1.82, 2.24) is 0 Å². The predicted octanol–water partition coefficient (Wildman–Crippen LogP) is 4.89. The van der Waals surface area contributed by atoms with Gasteiger partial charge in [0.1, 0.15) is 0 Å². The Hall–Kier alpha value is -1.81. The fourth-order valence-electron chi connectivity index (χ4n) is 1.71. The maximum Gasteiger partial charge on any atom is 0.198 e. The number of halogens is 3. The highest BCUT2D eigenvalue weighted by molar-refractivity contribution is 6.17. The highest BCUT2D eigenvalue weighted by Gasteiger charge is 2.15. The average molecular weight is 299 g/mol. The fourth-order valence-corrected chi connectivity index (χ4v) is 1.86. The summed E-state index contributed by atoms with van der Waals surface area (Å²) in [5.74, 6) is -1.35. The number of alkyl halides is 1. The van der Waals surface area contributed by atoms with Crippen LogP contribution in [0.2, 0.25) is 0 Å². The molecule has 5 heteroatoms. The lowest BCUT2D eigenvalue weighted by Gasteiger charge is -2.12. The largest absolute Gasteiger partial charge is 0.490 e. The molecule has 0 fully saturated rings. The summed E-state index contributed by atoms with van der Waals surface area (Å²) >= 11 is 5.56. The second kappa shape index (κ2) is 6.57. The molecule has 0 N–H and O–H groups in total. The Balaban J connectivity index is 2.35. The Morgan fingerprint density at radius 1 is 1.05 bits per heavy atom. The smallest absolute Gasteiger partial charge is 0.198 e. The van der Waals surface area contributed by atoms with Gasteiger partial charge in [0.25, 0.3) is 0 Å². The van der Waals surface area contributed by atoms with E-state index in [2.05, 4.69) is 0 Å². The Kier molecular flexibility index (Phi) is 4.79. The minimum absolute atomic E-state index is 0.0314. The SMILES string of the molecule is CCOc1ccccc1Oc1c(F)cc(CCl)cc1F. The number of benzene rings is 2. The zero-order valence-corrected chi connectivity index (χ0v) is 11.6. The third kappa shape index (κ3) is 3.20. The molecule has 2 aromatic rings. The summed E-state index contributed by atoms with van der Waals surface area (Å²) in [5, 5.41) is 0. The first kappa shape index (κ1) is 14.6. The molecule has 2 aromatic carbocycles. The summed E-state index contributed by atoms with van der Waals surface area (Å²) in [7, 11) is 0. The van der Waals surface area contributed by atoms with Crippen LogP contribution < -0.4 is 9.47 Å². The predicted molar refractivity (Wildman–Crippen MR) is 73.6 cm³/mol. The molecule has 0 aliphatic rings. The van der Waals surface area contributed by atoms with Crippen molar-refractivity contribution in [3.8, 4) is 17.2 Å². The zero-order chi connectivity index (χ0) is 14.5. The second-order valence-corrected chi connectivity index (χ2v) is 4.27. The summed E-state index contributed by atoms with van der Waals surface area (Å²) in [6.45, 7) is 2.24. The molecule has 0 atom stereocenters. The van der Waals surface area contributed by atoms with Crippen molar-refractivity contribution in [3.63, 3.8) is 0 Å². The van der Waals surface area contributed by atoms with E-state index in [9.17, 15) is 8.78 Å². The van der Waals surface area contributed by atoms with Crippen molar-refractivity contribution in [1.29, 1.82) is 0 Å². The molecule has 0 saturated heterocycles. The minimum atomic E-state index is -0.799. The molecule has 0 saturated carbocycles. The normalized spacial score (nSPS) is 10.4. The highest BCUT2D eigenvalue weighted by atomic mass is 35.5. The Bertz CT molecular complexity index is 579. The van der Waals surface area contributed by atoms with Crippen molar-refractivity contribution in [2.45, 2.75) is 12.8 Å². The van der Waals surface area contributed by atoms with Crippen molar-refractivity contribution in [2.24, 2.45) is 0 Å². The van der Waals surface area contributed by atoms with Gasteiger partial charge in [-0.15, -0.1) is 11.6 Å². The van der Waals surface area contributed by atoms with E-state index in [-0.39, 0.29) is 11.6 Å². The van der Waals surface area contributed by atoms with Crippen LogP contribution >= 0.6 is 11.6 Å². The summed E-state index contributed by atoms with van der Waals surface area (Å²) in [6, 6.07) is 8.99. The summed E-state index contributed by atoms with van der Waals surface area (Å²) in [4.78, 5) is 0. The van der Waals surface area contributed by atoms with E-state index >= 15 is 0 Å². The summed E-state index contributed by atoms with van der Waals surface area (Å²) in [6.07, 6.45) is 0. The number of hydrogen-bond donors (Lipinski definition) is 0. The molecule has 0 unspecified atom stereocenters. The van der Waals surface area contributed by atoms with E-state index in [1.165, 1.54) is 0 Å². The van der Waals surface area contributed by atoms with Crippen molar-refractivity contribution in [2.75, 3.05) is 6.61 Å². The number of ether oxygens (including phenoxy) is 2. The van der Waals surface area contributed by atoms with Crippen LogP contribution in [0.25, 0.3) is 0 Å². The van der Waals surface area contributed by atoms with Gasteiger partial charge in [-0.1, -0.05) is 12.1 Å². The van der Waals surface area contributed by atoms with Gasteiger partial charge in [0, 0.05) is 5.88 Å². The molecular weight excluding hydrogens is 286 g/mol. The molecule has 0 radical (unpaired) electrons. The third-order valence-corrected chi connectivity index (χ3v) is 2.88. The van der Waals surface area contributed by atoms with Gasteiger partial charge >= 0.3 is 0 Å². The average Bonchev–Trinajstić information content (AvgIpc) is 2.44. The van der Waals surface area contributed by atoms with Gasteiger partial charge in [0.15, 0.2) is 28.9 Å². The molecule has 0 aliphatic carbocycles. The van der Waals surface area contributed by atoms with Crippen LogP contribution in [0.1, 0.15) is 12.5 Å². The van der Waals surface area contributed by atoms with Crippen LogP contribution in [0.15, 0.2) is 36.4 Å². The molecule has 0 aromatic heterocycles. The van der Waals surface area contributed by atoms with Gasteiger partial charge in [0.05, 0.1) is 6.61 Å². The first-order valence-electron chi connectivity index (χ1n) is 6.09. The molecule has 2 rings (SSSR count). The maximum absolute atomic E-state index is 13.8. The molecule has 0 spiro atoms. The van der Waals surface area contributed by atoms with E-state index in [4.69, 9.17) is 21.1 Å². The molecular formula is C15H13ClF2O2. The third-order valence-electron chi connectivity index (χ3n) is 2.57. The van der Waals surface area contributed by atoms with Gasteiger partial charge in [0.2, 0.25) is 0 Å². The number of rotatable bonds is 5. The van der Waals surface area contributed by atoms with Crippen LogP contribution in [-0.4, -0.2) is 6.61 Å². The second-order valence-electron chi connectivity index (χ2n) is 4.00. The van der Waals surface area contributed by atoms with Gasteiger partial charge < -0.3 is 9.47 Å². The number of para-hydroxylation sites is 2. The Morgan fingerprint density at radius 2 is 1.65 bits per heavy atom. The first-order valence-corrected chi connectivity index (χ1v) is 6.62. The first-order chi connectivity index (χ1) is 9.65. The molecule has 0 amide bonds. The van der Waals surface area contributed by atoms with Crippen LogP contribution in [0, 0.1) is 11.6 Å². The maximum atomic E-state index is 13.8. The summed E-state index contributed by atoms with van der Waals surface area (Å²) < 4.78 is 38.3. The number of hydrogen-bond acceptors (Lipinski definition) is 2. The van der Waals surface area contributed by atoms with Crippen molar-refractivity contribution >= 4 is 11.6 Å². The topological polar surface area (TPSA) is 18.5 Å². The zero-order valence-electron chi connectivity index (χ0n) is 10.8. The molecule has 20 heavy (non-hydrogen) atoms. The summed E-state index contributed by atoms with van der Waals surface area (Å²) in [5.41, 5.74) is 0.354. The minimum Gasteiger partial charge on any atom is -0.490 e. The lowest BCUT2D eigenvalue weighted by molar-refractivity contribution is 0.315. The van der Waals surface area contributed by atoms with E-state index < -0.39 is 17.4 Å². The molecule has 0 bridgehead atoms. The van der Waals surface area contributed by atoms with Gasteiger partial charge in [-0.3, -0.25) is 0 Å². The van der Waals surface area contributed by atoms with E-state index in [0.29, 0.717) is 17.9 Å². The fraction of sp³-hybridized carbons (Fsp3) is 0.200. The molecule has 0 heterocycles. The van der Waals surface area contributed by atoms with E-state index in [0.717, 1.165) is 12.1 Å². The molecule has 2 nitrogen and oxygen atoms in total. The highest BCUT2D eigenvalue weighted by Crippen LogP contribution is 2.34. The van der Waals surface area contributed by atoms with Crippen LogP contribution in [0.4, 0.5) is 8.78 Å². The molecule has 0 aliphatic heterocycles. The Morgan fingerprint density at radius 3 is 2.20 bits per heavy atom. The van der Waals surface area contributed by atoms with Crippen molar-refractivity contribution < 1.29 is 18.3 Å². The monoisotopic (exact) mass is 298 g/mol. The Labute approximate surface area is 120 Å². The van der Waals surface area contributed by atoms with E-state index in [1.54, 1.807) is 24.3 Å². The quantitative estimate of drug-likeness (QED) is 0.731. The van der Waals surface area contributed by atoms with Gasteiger partial charge in [-0.05, 0) is 36.8 Å². The lowest BCUT2D eigenvalue weighted by atomic mass is 10.2. The molecule has 106 valence electrons. The van der Waals surface area contributed by atoms with Crippen LogP contribution in [-0.2, 0) is 5.88 Å². The lowest BCUT2D eigenvalue weighted by Crippen LogP contribution is -1.98. The van der Waals surface area contributed by atoms with Crippen LogP contribution in [0.3, 0.4) is 0 Å². The van der Waals surface area contributed by atoms with Crippen molar-refractivity contribution in [3.05, 3.63) is 53.6 Å². The van der Waals surface area contributed by atoms with Crippen LogP contribution in [0.5, 0.6) is 17.2 Å². The standard InChI is InChI=1S/C15H13ClF2O2/c1-2-19-13-5-3-4-6-14(13)20-15-11(17)7-10(9-16)8-12(15)18/h3-8H,2,9H2,1H3. The van der Waals surface area contributed by atoms with Gasteiger partial charge in [-0.2, -0.15) is 0 Å².